The Morgan fingerprint density at radius 2 is 1.70 bits per heavy atom. The molecule has 0 aliphatic rings. The molecule has 5 heteroatoms. The fourth-order valence-corrected chi connectivity index (χ4v) is 3.58. The molecule has 0 aromatic rings. The van der Waals surface area contributed by atoms with Crippen molar-refractivity contribution in [3.63, 3.8) is 0 Å². The maximum Gasteiger partial charge on any atom is 0.330 e. The normalized spacial score (nSPS) is 16.3. The van der Waals surface area contributed by atoms with Crippen molar-refractivity contribution >= 4 is 7.60 Å². The quantitative estimate of drug-likeness (QED) is 0.461. The first-order valence-corrected chi connectivity index (χ1v) is 9.53. The lowest BCUT2D eigenvalue weighted by atomic mass is 10.1. The van der Waals surface area contributed by atoms with Crippen molar-refractivity contribution in [3.8, 4) is 0 Å². The molecule has 0 rings (SSSR count). The third-order valence-corrected chi connectivity index (χ3v) is 5.09. The topological polar surface area (TPSA) is 44.8 Å². The zero-order valence-corrected chi connectivity index (χ0v) is 14.8. The van der Waals surface area contributed by atoms with Crippen molar-refractivity contribution in [3.05, 3.63) is 0 Å². The number of hydrogen-bond donors (Lipinski definition) is 0. The smallest absolute Gasteiger partial charge is 0.330 e. The Hall–Kier alpha value is 0.110. The van der Waals surface area contributed by atoms with Crippen LogP contribution < -0.4 is 0 Å². The van der Waals surface area contributed by atoms with Gasteiger partial charge in [0.2, 0.25) is 0 Å². The molecule has 0 saturated carbocycles. The van der Waals surface area contributed by atoms with Crippen molar-refractivity contribution in [2.24, 2.45) is 11.8 Å². The molecular formula is C15H33O4P. The molecule has 0 fully saturated rings. The molecule has 0 N–H and O–H groups in total. The van der Waals surface area contributed by atoms with Crippen molar-refractivity contribution in [1.29, 1.82) is 0 Å². The van der Waals surface area contributed by atoms with Gasteiger partial charge in [-0.1, -0.05) is 34.1 Å². The summed E-state index contributed by atoms with van der Waals surface area (Å²) in [7, 11) is -1.19. The maximum atomic E-state index is 12.6. The van der Waals surface area contributed by atoms with E-state index in [1.807, 2.05) is 0 Å². The summed E-state index contributed by atoms with van der Waals surface area (Å²) in [5.41, 5.74) is 0. The molecule has 0 spiro atoms. The molecule has 122 valence electrons. The van der Waals surface area contributed by atoms with Crippen molar-refractivity contribution in [2.45, 2.75) is 53.4 Å². The van der Waals surface area contributed by atoms with Crippen LogP contribution in [0.3, 0.4) is 0 Å². The van der Waals surface area contributed by atoms with Gasteiger partial charge in [0.15, 0.2) is 0 Å². The van der Waals surface area contributed by atoms with E-state index in [4.69, 9.17) is 13.8 Å². The van der Waals surface area contributed by atoms with Gasteiger partial charge < -0.3 is 13.8 Å². The fourth-order valence-electron chi connectivity index (χ4n) is 1.64. The Morgan fingerprint density at radius 3 is 2.25 bits per heavy atom. The van der Waals surface area contributed by atoms with E-state index < -0.39 is 7.60 Å². The van der Waals surface area contributed by atoms with Gasteiger partial charge in [-0.05, 0) is 31.1 Å². The van der Waals surface area contributed by atoms with Crippen LogP contribution in [0.15, 0.2) is 0 Å². The van der Waals surface area contributed by atoms with E-state index in [1.54, 1.807) is 7.11 Å². The average Bonchev–Trinajstić information content (AvgIpc) is 2.41. The van der Waals surface area contributed by atoms with E-state index >= 15 is 0 Å². The van der Waals surface area contributed by atoms with Crippen LogP contribution in [0.5, 0.6) is 0 Å². The molecule has 20 heavy (non-hydrogen) atoms. The van der Waals surface area contributed by atoms with Crippen molar-refractivity contribution in [1.82, 2.24) is 0 Å². The average molecular weight is 308 g/mol. The highest BCUT2D eigenvalue weighted by molar-refractivity contribution is 7.53. The summed E-state index contributed by atoms with van der Waals surface area (Å²) in [6.07, 6.45) is 4.32. The summed E-state index contributed by atoms with van der Waals surface area (Å²) in [5.74, 6) is 0.883. The second-order valence-corrected chi connectivity index (χ2v) is 8.07. The second-order valence-electron chi connectivity index (χ2n) is 5.89. The Labute approximate surface area is 125 Å². The highest BCUT2D eigenvalue weighted by Gasteiger charge is 2.24. The molecule has 0 aromatic heterocycles. The van der Waals surface area contributed by atoms with E-state index in [1.165, 1.54) is 0 Å². The minimum atomic E-state index is -2.90. The summed E-state index contributed by atoms with van der Waals surface area (Å²) in [6.45, 7) is 10.1. The SMILES string of the molecule is CCCCP(=O)(OCCC(C)CCOC)OCC(C)C. The summed E-state index contributed by atoms with van der Waals surface area (Å²) in [5, 5.41) is 0. The molecular weight excluding hydrogens is 275 g/mol. The molecule has 0 bridgehead atoms. The molecule has 0 aliphatic heterocycles. The van der Waals surface area contributed by atoms with E-state index in [0.29, 0.717) is 31.2 Å². The van der Waals surface area contributed by atoms with E-state index in [-0.39, 0.29) is 0 Å². The zero-order valence-electron chi connectivity index (χ0n) is 13.9. The summed E-state index contributed by atoms with van der Waals surface area (Å²) in [4.78, 5) is 0. The maximum absolute atomic E-state index is 12.6. The van der Waals surface area contributed by atoms with Crippen LogP contribution >= 0.6 is 7.60 Å². The Bertz CT molecular complexity index is 269. The molecule has 4 nitrogen and oxygen atoms in total. The van der Waals surface area contributed by atoms with Gasteiger partial charge in [0.1, 0.15) is 0 Å². The molecule has 2 unspecified atom stereocenters. The summed E-state index contributed by atoms with van der Waals surface area (Å²) < 4.78 is 28.9. The highest BCUT2D eigenvalue weighted by atomic mass is 31.2. The number of ether oxygens (including phenoxy) is 1. The molecule has 0 aromatic carbocycles. The Morgan fingerprint density at radius 1 is 1.05 bits per heavy atom. The van der Waals surface area contributed by atoms with E-state index in [9.17, 15) is 4.57 Å². The van der Waals surface area contributed by atoms with Gasteiger partial charge in [0.05, 0.1) is 19.4 Å². The van der Waals surface area contributed by atoms with Crippen molar-refractivity contribution < 1.29 is 18.3 Å². The molecule has 0 amide bonds. The molecule has 0 radical (unpaired) electrons. The van der Waals surface area contributed by atoms with Crippen molar-refractivity contribution in [2.75, 3.05) is 33.1 Å². The van der Waals surface area contributed by atoms with Gasteiger partial charge in [-0.2, -0.15) is 0 Å². The van der Waals surface area contributed by atoms with Crippen LogP contribution in [-0.2, 0) is 18.3 Å². The van der Waals surface area contributed by atoms with Crippen LogP contribution in [0.4, 0.5) is 0 Å². The summed E-state index contributed by atoms with van der Waals surface area (Å²) in [6, 6.07) is 0. The zero-order chi connectivity index (χ0) is 15.4. The predicted octanol–water partition coefficient (Wildman–Crippen LogP) is 4.73. The molecule has 2 atom stereocenters. The van der Waals surface area contributed by atoms with Gasteiger partial charge in [0, 0.05) is 13.7 Å². The van der Waals surface area contributed by atoms with Crippen LogP contribution in [0, 0.1) is 11.8 Å². The highest BCUT2D eigenvalue weighted by Crippen LogP contribution is 2.49. The Kier molecular flexibility index (Phi) is 11.8. The first-order valence-electron chi connectivity index (χ1n) is 7.80. The molecule has 0 heterocycles. The third kappa shape index (κ3) is 10.8. The third-order valence-electron chi connectivity index (χ3n) is 3.10. The lowest BCUT2D eigenvalue weighted by Gasteiger charge is -2.20. The van der Waals surface area contributed by atoms with Crippen LogP contribution in [0.2, 0.25) is 0 Å². The summed E-state index contributed by atoms with van der Waals surface area (Å²) >= 11 is 0. The Balaban J connectivity index is 4.11. The van der Waals surface area contributed by atoms with Gasteiger partial charge in [0.25, 0.3) is 0 Å². The fraction of sp³-hybridized carbons (Fsp3) is 1.00. The van der Waals surface area contributed by atoms with E-state index in [2.05, 4.69) is 27.7 Å². The van der Waals surface area contributed by atoms with E-state index in [0.717, 1.165) is 32.3 Å². The minimum Gasteiger partial charge on any atom is -0.385 e. The van der Waals surface area contributed by atoms with Gasteiger partial charge in [-0.25, -0.2) is 0 Å². The number of rotatable bonds is 13. The lowest BCUT2D eigenvalue weighted by Crippen LogP contribution is -2.09. The first-order chi connectivity index (χ1) is 9.43. The van der Waals surface area contributed by atoms with Crippen LogP contribution in [0.25, 0.3) is 0 Å². The number of hydrogen-bond acceptors (Lipinski definition) is 4. The van der Waals surface area contributed by atoms with Crippen LogP contribution in [-0.4, -0.2) is 33.1 Å². The van der Waals surface area contributed by atoms with Gasteiger partial charge in [-0.15, -0.1) is 0 Å². The van der Waals surface area contributed by atoms with Gasteiger partial charge in [-0.3, -0.25) is 4.57 Å². The largest absolute Gasteiger partial charge is 0.385 e. The lowest BCUT2D eigenvalue weighted by molar-refractivity contribution is 0.159. The minimum absolute atomic E-state index is 0.370. The number of methoxy groups -OCH3 is 1. The number of unbranched alkanes of at least 4 members (excludes halogenated alkanes) is 1. The molecule has 0 saturated heterocycles. The predicted molar refractivity (Wildman–Crippen MR) is 84.4 cm³/mol. The van der Waals surface area contributed by atoms with Crippen LogP contribution in [0.1, 0.15) is 53.4 Å². The second kappa shape index (κ2) is 11.7. The molecule has 0 aliphatic carbocycles. The first kappa shape index (κ1) is 20.1. The standard InChI is InChI=1S/C15H33O4P/c1-6-7-12-20(16,19-13-14(2)3)18-11-9-15(4)8-10-17-5/h14-15H,6-13H2,1-5H3. The van der Waals surface area contributed by atoms with Gasteiger partial charge >= 0.3 is 7.60 Å². The monoisotopic (exact) mass is 308 g/mol.